The molecule has 2 aromatic carbocycles. The van der Waals surface area contributed by atoms with Crippen molar-refractivity contribution in [1.29, 1.82) is 0 Å². The van der Waals surface area contributed by atoms with Crippen LogP contribution in [0.2, 0.25) is 0 Å². The van der Waals surface area contributed by atoms with Gasteiger partial charge in [-0.15, -0.1) is 0 Å². The monoisotopic (exact) mass is 275 g/mol. The number of hydrogen-bond acceptors (Lipinski definition) is 3. The summed E-state index contributed by atoms with van der Waals surface area (Å²) in [6, 6.07) is 12.3. The molecule has 1 unspecified atom stereocenters. The van der Waals surface area contributed by atoms with E-state index in [-0.39, 0.29) is 11.2 Å². The number of Topliss-reactive ketones (excluding diaryl/α,β-unsaturated/α-hetero) is 1. The Labute approximate surface area is 122 Å². The van der Waals surface area contributed by atoms with Gasteiger partial charge in [0.2, 0.25) is 0 Å². The summed E-state index contributed by atoms with van der Waals surface area (Å²) in [5.41, 5.74) is 4.94. The van der Waals surface area contributed by atoms with Crippen LogP contribution >= 0.6 is 0 Å². The number of aliphatic imine (C=N–C) groups is 1. The number of fused-ring (bicyclic) bond motifs is 5. The summed E-state index contributed by atoms with van der Waals surface area (Å²) >= 11 is 0. The van der Waals surface area contributed by atoms with Crippen LogP contribution in [0, 0.1) is 0 Å². The maximum Gasteiger partial charge on any atom is 0.163 e. The van der Waals surface area contributed by atoms with Crippen LogP contribution in [0.25, 0.3) is 0 Å². The predicted molar refractivity (Wildman–Crippen MR) is 80.0 cm³/mol. The average Bonchev–Trinajstić information content (AvgIpc) is 3.18. The summed E-state index contributed by atoms with van der Waals surface area (Å²) in [5, 5.41) is 0. The van der Waals surface area contributed by atoms with Crippen LogP contribution in [0.5, 0.6) is 5.75 Å². The lowest BCUT2D eigenvalue weighted by atomic mass is 9.77. The molecule has 21 heavy (non-hydrogen) atoms. The Morgan fingerprint density at radius 3 is 2.95 bits per heavy atom. The summed E-state index contributed by atoms with van der Waals surface area (Å²) in [5.74, 6) is 1.16. The zero-order chi connectivity index (χ0) is 14.0. The van der Waals surface area contributed by atoms with E-state index in [0.29, 0.717) is 13.0 Å². The van der Waals surface area contributed by atoms with Gasteiger partial charge >= 0.3 is 0 Å². The Balaban J connectivity index is 1.78. The summed E-state index contributed by atoms with van der Waals surface area (Å²) in [4.78, 5) is 16.6. The summed E-state index contributed by atoms with van der Waals surface area (Å²) in [6.07, 6.45) is 3.44. The molecule has 2 aromatic rings. The van der Waals surface area contributed by atoms with E-state index in [2.05, 4.69) is 17.1 Å². The van der Waals surface area contributed by atoms with Gasteiger partial charge in [0.25, 0.3) is 0 Å². The number of hydrogen-bond donors (Lipinski definition) is 0. The van der Waals surface area contributed by atoms with E-state index in [1.807, 2.05) is 30.5 Å². The van der Waals surface area contributed by atoms with E-state index in [1.54, 1.807) is 0 Å². The largest absolute Gasteiger partial charge is 0.492 e. The van der Waals surface area contributed by atoms with Crippen molar-refractivity contribution in [2.75, 3.05) is 6.61 Å². The van der Waals surface area contributed by atoms with Crippen molar-refractivity contribution in [2.45, 2.75) is 18.3 Å². The van der Waals surface area contributed by atoms with Crippen molar-refractivity contribution < 1.29 is 9.53 Å². The van der Waals surface area contributed by atoms with Crippen LogP contribution in [-0.4, -0.2) is 18.6 Å². The van der Waals surface area contributed by atoms with Gasteiger partial charge in [-0.05, 0) is 35.7 Å². The molecule has 2 aliphatic heterocycles. The highest BCUT2D eigenvalue weighted by Gasteiger charge is 2.46. The highest BCUT2D eigenvalue weighted by atomic mass is 16.5. The second kappa shape index (κ2) is 3.61. The first-order valence-corrected chi connectivity index (χ1v) is 7.26. The van der Waals surface area contributed by atoms with E-state index in [0.717, 1.165) is 34.5 Å². The lowest BCUT2D eigenvalue weighted by Crippen LogP contribution is -2.29. The molecule has 0 aromatic heterocycles. The quantitative estimate of drug-likeness (QED) is 0.740. The maximum atomic E-state index is 12.0. The van der Waals surface area contributed by atoms with E-state index in [1.165, 1.54) is 5.56 Å². The smallest absolute Gasteiger partial charge is 0.163 e. The molecule has 3 aliphatic rings. The molecule has 1 spiro atoms. The molecule has 0 saturated carbocycles. The van der Waals surface area contributed by atoms with Crippen LogP contribution in [0.1, 0.15) is 33.5 Å². The molecule has 3 heteroatoms. The van der Waals surface area contributed by atoms with E-state index in [4.69, 9.17) is 4.74 Å². The second-order valence-electron chi connectivity index (χ2n) is 5.96. The van der Waals surface area contributed by atoms with Gasteiger partial charge in [-0.3, -0.25) is 9.79 Å². The molecular formula is C18H13NO2. The molecule has 0 bridgehead atoms. The van der Waals surface area contributed by atoms with Crippen LogP contribution in [0.3, 0.4) is 0 Å². The van der Waals surface area contributed by atoms with Gasteiger partial charge in [0.15, 0.2) is 5.78 Å². The number of benzene rings is 2. The van der Waals surface area contributed by atoms with Crippen molar-refractivity contribution in [3.63, 3.8) is 0 Å². The highest BCUT2D eigenvalue weighted by Crippen LogP contribution is 2.49. The second-order valence-corrected chi connectivity index (χ2v) is 5.96. The summed E-state index contributed by atoms with van der Waals surface area (Å²) in [7, 11) is 0. The van der Waals surface area contributed by atoms with Crippen molar-refractivity contribution in [1.82, 2.24) is 0 Å². The first-order chi connectivity index (χ1) is 10.3. The fraction of sp³-hybridized carbons (Fsp3) is 0.222. The number of carbonyl (C=O) groups is 1. The maximum absolute atomic E-state index is 12.0. The normalized spacial score (nSPS) is 24.1. The molecular weight excluding hydrogens is 262 g/mol. The number of ether oxygens (including phenoxy) is 1. The molecule has 1 atom stereocenters. The third-order valence-corrected chi connectivity index (χ3v) is 4.87. The van der Waals surface area contributed by atoms with Gasteiger partial charge in [0.1, 0.15) is 12.4 Å². The van der Waals surface area contributed by atoms with Crippen LogP contribution in [-0.2, 0) is 11.8 Å². The van der Waals surface area contributed by atoms with Crippen molar-refractivity contribution >= 4 is 17.7 Å². The number of aryl methyl sites for hydroxylation is 1. The number of ketones is 1. The molecule has 0 N–H and O–H groups in total. The van der Waals surface area contributed by atoms with E-state index in [9.17, 15) is 4.79 Å². The Kier molecular flexibility index (Phi) is 1.94. The molecule has 0 amide bonds. The number of rotatable bonds is 0. The van der Waals surface area contributed by atoms with Gasteiger partial charge in [0.05, 0.1) is 11.1 Å². The first-order valence-electron chi connectivity index (χ1n) is 7.26. The minimum atomic E-state index is -0.316. The summed E-state index contributed by atoms with van der Waals surface area (Å²) < 4.78 is 5.95. The number of para-hydroxylation sites is 1. The lowest BCUT2D eigenvalue weighted by Gasteiger charge is -2.20. The predicted octanol–water partition coefficient (Wildman–Crippen LogP) is 3.21. The van der Waals surface area contributed by atoms with Crippen LogP contribution in [0.4, 0.5) is 5.69 Å². The van der Waals surface area contributed by atoms with Crippen molar-refractivity contribution in [3.05, 3.63) is 58.7 Å². The lowest BCUT2D eigenvalue weighted by molar-refractivity contribution is 0.0994. The fourth-order valence-electron chi connectivity index (χ4n) is 3.75. The molecule has 0 fully saturated rings. The molecule has 0 radical (unpaired) electrons. The van der Waals surface area contributed by atoms with Gasteiger partial charge < -0.3 is 4.74 Å². The van der Waals surface area contributed by atoms with E-state index >= 15 is 0 Å². The average molecular weight is 275 g/mol. The van der Waals surface area contributed by atoms with E-state index < -0.39 is 0 Å². The zero-order valence-corrected chi connectivity index (χ0v) is 11.4. The zero-order valence-electron chi connectivity index (χ0n) is 11.4. The minimum Gasteiger partial charge on any atom is -0.492 e. The highest BCUT2D eigenvalue weighted by molar-refractivity contribution is 6.02. The third-order valence-electron chi connectivity index (χ3n) is 4.87. The van der Waals surface area contributed by atoms with Crippen LogP contribution in [0.15, 0.2) is 41.4 Å². The SMILES string of the molecule is O=C1CCc2cc3c(cc21)C1(C=Nc2ccccc21)CO3. The Morgan fingerprint density at radius 1 is 1.10 bits per heavy atom. The molecule has 1 aliphatic carbocycles. The van der Waals surface area contributed by atoms with Crippen molar-refractivity contribution in [2.24, 2.45) is 4.99 Å². The van der Waals surface area contributed by atoms with Gasteiger partial charge in [-0.1, -0.05) is 18.2 Å². The molecule has 102 valence electrons. The van der Waals surface area contributed by atoms with Crippen LogP contribution < -0.4 is 4.74 Å². The molecule has 5 rings (SSSR count). The minimum absolute atomic E-state index is 0.248. The number of carbonyl (C=O) groups excluding carboxylic acids is 1. The number of nitrogens with zero attached hydrogens (tertiary/aromatic N) is 1. The van der Waals surface area contributed by atoms with Crippen molar-refractivity contribution in [3.8, 4) is 5.75 Å². The fourth-order valence-corrected chi connectivity index (χ4v) is 3.75. The topological polar surface area (TPSA) is 38.7 Å². The van der Waals surface area contributed by atoms with Gasteiger partial charge in [-0.2, -0.15) is 0 Å². The molecule has 3 nitrogen and oxygen atoms in total. The Hall–Kier alpha value is -2.42. The first kappa shape index (κ1) is 11.3. The Bertz CT molecular complexity index is 837. The van der Waals surface area contributed by atoms with Gasteiger partial charge in [0, 0.05) is 23.8 Å². The summed E-state index contributed by atoms with van der Waals surface area (Å²) in [6.45, 7) is 0.569. The van der Waals surface area contributed by atoms with Gasteiger partial charge in [-0.25, -0.2) is 0 Å². The molecule has 0 saturated heterocycles. The third kappa shape index (κ3) is 1.29. The molecule has 2 heterocycles. The Morgan fingerprint density at radius 2 is 2.00 bits per heavy atom. The standard InChI is InChI=1S/C18H13NO2/c20-16-6-5-11-7-17-14(8-12(11)16)18(10-21-17)9-19-15-4-2-1-3-13(15)18/h1-4,7-9H,5-6,10H2.